The molecule has 1 amide bonds. The Kier molecular flexibility index (Phi) is 5.74. The maximum atomic E-state index is 12.4. The van der Waals surface area contributed by atoms with Crippen molar-refractivity contribution < 1.29 is 9.53 Å². The van der Waals surface area contributed by atoms with E-state index in [-0.39, 0.29) is 11.9 Å². The lowest BCUT2D eigenvalue weighted by Crippen LogP contribution is -2.33. The predicted molar refractivity (Wildman–Crippen MR) is 106 cm³/mol. The summed E-state index contributed by atoms with van der Waals surface area (Å²) >= 11 is 3.17. The number of fused-ring (bicyclic) bond motifs is 1. The number of thiophene rings is 1. The van der Waals surface area contributed by atoms with Gasteiger partial charge in [0.25, 0.3) is 0 Å². The summed E-state index contributed by atoms with van der Waals surface area (Å²) in [6, 6.07) is 12.0. The topological polar surface area (TPSA) is 69.0 Å². The molecule has 6 nitrogen and oxygen atoms in total. The minimum atomic E-state index is -0.00508. The highest BCUT2D eigenvalue weighted by molar-refractivity contribution is 7.99. The van der Waals surface area contributed by atoms with Gasteiger partial charge in [0.2, 0.25) is 5.91 Å². The van der Waals surface area contributed by atoms with Crippen LogP contribution in [0.15, 0.2) is 53.3 Å². The summed E-state index contributed by atoms with van der Waals surface area (Å²) in [6.45, 7) is 1.43. The van der Waals surface area contributed by atoms with E-state index in [9.17, 15) is 4.79 Å². The van der Waals surface area contributed by atoms with Crippen LogP contribution in [0, 0.1) is 0 Å². The average molecular weight is 401 g/mol. The van der Waals surface area contributed by atoms with Gasteiger partial charge in [-0.1, -0.05) is 36.0 Å². The van der Waals surface area contributed by atoms with E-state index >= 15 is 0 Å². The zero-order valence-corrected chi connectivity index (χ0v) is 16.3. The Labute approximate surface area is 166 Å². The summed E-state index contributed by atoms with van der Waals surface area (Å²) in [4.78, 5) is 13.8. The number of hydrogen-bond donors (Lipinski definition) is 1. The molecule has 3 heterocycles. The normalized spacial score (nSPS) is 15.8. The molecule has 140 valence electrons. The number of aryl methyl sites for hydroxylation is 2. The average Bonchev–Trinajstić information content (AvgIpc) is 3.37. The van der Waals surface area contributed by atoms with E-state index < -0.39 is 0 Å². The van der Waals surface area contributed by atoms with Crippen LogP contribution in [0.25, 0.3) is 0 Å². The van der Waals surface area contributed by atoms with Gasteiger partial charge in [-0.15, -0.1) is 21.5 Å². The van der Waals surface area contributed by atoms with Crippen molar-refractivity contribution in [3.05, 3.63) is 58.5 Å². The van der Waals surface area contributed by atoms with Crippen LogP contribution in [0.1, 0.15) is 22.9 Å². The number of carbonyl (C=O) groups is 1. The molecule has 0 radical (unpaired) electrons. The first-order chi connectivity index (χ1) is 13.3. The molecule has 0 saturated carbocycles. The lowest BCUT2D eigenvalue weighted by Gasteiger charge is -2.26. The van der Waals surface area contributed by atoms with E-state index in [2.05, 4.69) is 33.0 Å². The summed E-state index contributed by atoms with van der Waals surface area (Å²) in [5, 5.41) is 14.1. The fourth-order valence-corrected chi connectivity index (χ4v) is 4.50. The van der Waals surface area contributed by atoms with Crippen LogP contribution in [0.5, 0.6) is 5.75 Å². The maximum Gasteiger partial charge on any atom is 0.230 e. The summed E-state index contributed by atoms with van der Waals surface area (Å²) in [6.07, 6.45) is 3.45. The van der Waals surface area contributed by atoms with E-state index in [4.69, 9.17) is 4.74 Å². The molecule has 1 atom stereocenters. The van der Waals surface area contributed by atoms with Gasteiger partial charge in [0.05, 0.1) is 18.4 Å². The number of carbonyl (C=O) groups excluding carboxylic acids is 1. The second kappa shape index (κ2) is 8.58. The van der Waals surface area contributed by atoms with Crippen molar-refractivity contribution in [3.8, 4) is 5.75 Å². The van der Waals surface area contributed by atoms with Crippen LogP contribution < -0.4 is 10.1 Å². The molecule has 1 aliphatic heterocycles. The van der Waals surface area contributed by atoms with Crippen molar-refractivity contribution >= 4 is 29.0 Å². The number of amides is 1. The van der Waals surface area contributed by atoms with Crippen LogP contribution in [-0.2, 0) is 17.8 Å². The Hall–Kier alpha value is -2.32. The fraction of sp³-hybridized carbons (Fsp3) is 0.316. The quantitative estimate of drug-likeness (QED) is 0.616. The molecule has 1 aromatic carbocycles. The van der Waals surface area contributed by atoms with Crippen molar-refractivity contribution in [1.29, 1.82) is 0 Å². The number of rotatable bonds is 7. The second-order valence-electron chi connectivity index (χ2n) is 6.22. The largest absolute Gasteiger partial charge is 0.493 e. The lowest BCUT2D eigenvalue weighted by atomic mass is 10.0. The Morgan fingerprint density at radius 2 is 2.26 bits per heavy atom. The van der Waals surface area contributed by atoms with E-state index in [1.54, 1.807) is 17.7 Å². The third-order valence-corrected chi connectivity index (χ3v) is 6.30. The number of aromatic nitrogens is 3. The molecule has 0 bridgehead atoms. The van der Waals surface area contributed by atoms with Crippen LogP contribution in [-0.4, -0.2) is 33.0 Å². The SMILES string of the molecule is O=C(CSc1nncn1CCc1cccs1)NC1CCOc2ccccc21. The Balaban J connectivity index is 1.31. The fourth-order valence-electron chi connectivity index (χ4n) is 3.05. The Morgan fingerprint density at radius 1 is 1.33 bits per heavy atom. The van der Waals surface area contributed by atoms with Gasteiger partial charge in [-0.3, -0.25) is 4.79 Å². The highest BCUT2D eigenvalue weighted by Gasteiger charge is 2.22. The second-order valence-corrected chi connectivity index (χ2v) is 8.19. The first-order valence-electron chi connectivity index (χ1n) is 8.83. The van der Waals surface area contributed by atoms with Crippen molar-refractivity contribution in [2.75, 3.05) is 12.4 Å². The van der Waals surface area contributed by atoms with Crippen LogP contribution in [0.2, 0.25) is 0 Å². The lowest BCUT2D eigenvalue weighted by molar-refractivity contribution is -0.119. The third kappa shape index (κ3) is 4.51. The first kappa shape index (κ1) is 18.1. The zero-order valence-electron chi connectivity index (χ0n) is 14.7. The standard InChI is InChI=1S/C19H20N4O2S2/c24-18(21-16-8-10-25-17-6-2-1-5-15(16)17)12-27-19-22-20-13-23(19)9-7-14-4-3-11-26-14/h1-6,11,13,16H,7-10,12H2,(H,21,24). The van der Waals surface area contributed by atoms with Gasteiger partial charge in [-0.2, -0.15) is 0 Å². The Bertz CT molecular complexity index is 895. The highest BCUT2D eigenvalue weighted by atomic mass is 32.2. The summed E-state index contributed by atoms with van der Waals surface area (Å²) < 4.78 is 7.65. The molecule has 0 saturated heterocycles. The molecule has 1 aliphatic rings. The van der Waals surface area contributed by atoms with Crippen molar-refractivity contribution in [3.63, 3.8) is 0 Å². The van der Waals surface area contributed by atoms with Gasteiger partial charge in [-0.05, 0) is 23.9 Å². The molecular weight excluding hydrogens is 380 g/mol. The molecule has 0 fully saturated rings. The van der Waals surface area contributed by atoms with Crippen LogP contribution in [0.3, 0.4) is 0 Å². The van der Waals surface area contributed by atoms with Gasteiger partial charge < -0.3 is 14.6 Å². The summed E-state index contributed by atoms with van der Waals surface area (Å²) in [7, 11) is 0. The number of ether oxygens (including phenoxy) is 1. The summed E-state index contributed by atoms with van der Waals surface area (Å²) in [5.41, 5.74) is 1.04. The maximum absolute atomic E-state index is 12.4. The number of nitrogens with zero attached hydrogens (tertiary/aromatic N) is 3. The minimum Gasteiger partial charge on any atom is -0.493 e. The molecule has 2 aromatic heterocycles. The van der Waals surface area contributed by atoms with Gasteiger partial charge in [0.15, 0.2) is 5.16 Å². The first-order valence-corrected chi connectivity index (χ1v) is 10.7. The van der Waals surface area contributed by atoms with Crippen molar-refractivity contribution in [1.82, 2.24) is 20.1 Å². The smallest absolute Gasteiger partial charge is 0.230 e. The van der Waals surface area contributed by atoms with Crippen LogP contribution >= 0.6 is 23.1 Å². The van der Waals surface area contributed by atoms with Crippen LogP contribution in [0.4, 0.5) is 0 Å². The molecule has 1 N–H and O–H groups in total. The Morgan fingerprint density at radius 3 is 3.15 bits per heavy atom. The van der Waals surface area contributed by atoms with Gasteiger partial charge in [0, 0.05) is 23.4 Å². The number of hydrogen-bond acceptors (Lipinski definition) is 6. The highest BCUT2D eigenvalue weighted by Crippen LogP contribution is 2.31. The predicted octanol–water partition coefficient (Wildman–Crippen LogP) is 3.31. The molecule has 4 rings (SSSR count). The van der Waals surface area contributed by atoms with Gasteiger partial charge in [-0.25, -0.2) is 0 Å². The molecule has 8 heteroatoms. The zero-order chi connectivity index (χ0) is 18.5. The molecule has 27 heavy (non-hydrogen) atoms. The van der Waals surface area contributed by atoms with E-state index in [0.717, 1.165) is 35.9 Å². The van der Waals surface area contributed by atoms with E-state index in [1.807, 2.05) is 28.8 Å². The number of para-hydroxylation sites is 1. The molecule has 0 spiro atoms. The minimum absolute atomic E-state index is 0.000233. The number of nitrogens with one attached hydrogen (secondary N) is 1. The molecule has 1 unspecified atom stereocenters. The summed E-state index contributed by atoms with van der Waals surface area (Å²) in [5.74, 6) is 1.17. The number of benzene rings is 1. The van der Waals surface area contributed by atoms with Crippen molar-refractivity contribution in [2.24, 2.45) is 0 Å². The van der Waals surface area contributed by atoms with E-state index in [1.165, 1.54) is 16.6 Å². The van der Waals surface area contributed by atoms with Crippen molar-refractivity contribution in [2.45, 2.75) is 30.6 Å². The third-order valence-electron chi connectivity index (χ3n) is 4.39. The van der Waals surface area contributed by atoms with E-state index in [0.29, 0.717) is 12.4 Å². The van der Waals surface area contributed by atoms with Gasteiger partial charge in [0.1, 0.15) is 12.1 Å². The molecular formula is C19H20N4O2S2. The number of thioether (sulfide) groups is 1. The molecule has 3 aromatic rings. The molecule has 0 aliphatic carbocycles. The van der Waals surface area contributed by atoms with Gasteiger partial charge >= 0.3 is 0 Å². The monoisotopic (exact) mass is 400 g/mol.